The molecule has 1 saturated heterocycles. The van der Waals surface area contributed by atoms with E-state index in [2.05, 4.69) is 31.7 Å². The van der Waals surface area contributed by atoms with E-state index in [9.17, 15) is 10.1 Å². The molecule has 0 bridgehead atoms. The summed E-state index contributed by atoms with van der Waals surface area (Å²) in [5, 5.41) is 17.1. The molecule has 0 saturated carbocycles. The lowest BCUT2D eigenvalue weighted by atomic mass is 9.94. The second kappa shape index (κ2) is 10.5. The van der Waals surface area contributed by atoms with Gasteiger partial charge in [-0.05, 0) is 55.5 Å². The number of hydrogen-bond acceptors (Lipinski definition) is 8. The van der Waals surface area contributed by atoms with Gasteiger partial charge in [-0.25, -0.2) is 15.0 Å². The van der Waals surface area contributed by atoms with Gasteiger partial charge in [0.2, 0.25) is 0 Å². The highest BCUT2D eigenvalue weighted by Crippen LogP contribution is 2.31. The summed E-state index contributed by atoms with van der Waals surface area (Å²) in [5.41, 5.74) is 3.97. The number of hydrogen-bond donors (Lipinski definition) is 2. The Kier molecular flexibility index (Phi) is 7.04. The van der Waals surface area contributed by atoms with Gasteiger partial charge in [0.05, 0.1) is 17.2 Å². The maximum absolute atomic E-state index is 12.7. The minimum Gasteiger partial charge on any atom is -0.381 e. The fourth-order valence-electron chi connectivity index (χ4n) is 4.57. The minimum absolute atomic E-state index is 0.133. The number of benzene rings is 1. The number of nitrogens with one attached hydrogen (secondary N) is 2. The molecule has 0 aliphatic carbocycles. The summed E-state index contributed by atoms with van der Waals surface area (Å²) in [6.07, 6.45) is 7.29. The number of halogens is 1. The molecule has 1 atom stereocenters. The van der Waals surface area contributed by atoms with Crippen molar-refractivity contribution in [3.05, 3.63) is 81.4 Å². The van der Waals surface area contributed by atoms with Crippen LogP contribution in [-0.4, -0.2) is 32.7 Å². The Balaban J connectivity index is 1.44. The van der Waals surface area contributed by atoms with Gasteiger partial charge >= 0.3 is 0 Å². The van der Waals surface area contributed by atoms with E-state index in [1.807, 2.05) is 37.5 Å². The number of fused-ring (bicyclic) bond motifs is 1. The van der Waals surface area contributed by atoms with Gasteiger partial charge in [0, 0.05) is 61.7 Å². The van der Waals surface area contributed by atoms with Crippen molar-refractivity contribution in [1.82, 2.24) is 19.5 Å². The fourth-order valence-corrected chi connectivity index (χ4v) is 4.77. The Morgan fingerprint density at radius 1 is 1.14 bits per heavy atom. The van der Waals surface area contributed by atoms with Crippen LogP contribution >= 0.6 is 11.6 Å². The molecule has 1 aromatic carbocycles. The molecule has 0 spiro atoms. The number of ether oxygens (including phenoxy) is 1. The highest BCUT2D eigenvalue weighted by atomic mass is 35.5. The van der Waals surface area contributed by atoms with Crippen LogP contribution in [0.2, 0.25) is 5.15 Å². The fraction of sp³-hybridized carbons (Fsp3) is 0.296. The molecule has 188 valence electrons. The first-order chi connectivity index (χ1) is 17.9. The number of nitriles is 1. The molecular formula is C27H26ClN7O2. The van der Waals surface area contributed by atoms with Gasteiger partial charge in [-0.3, -0.25) is 4.79 Å². The molecule has 3 aromatic heterocycles. The van der Waals surface area contributed by atoms with E-state index in [1.54, 1.807) is 23.7 Å². The molecule has 1 unspecified atom stereocenters. The summed E-state index contributed by atoms with van der Waals surface area (Å²) in [5.74, 6) is 1.07. The maximum Gasteiger partial charge on any atom is 0.252 e. The van der Waals surface area contributed by atoms with Crippen molar-refractivity contribution in [3.63, 3.8) is 0 Å². The third-order valence-corrected chi connectivity index (χ3v) is 6.97. The van der Waals surface area contributed by atoms with Crippen molar-refractivity contribution in [2.45, 2.75) is 31.7 Å². The smallest absolute Gasteiger partial charge is 0.252 e. The quantitative estimate of drug-likeness (QED) is 0.342. The zero-order chi connectivity index (χ0) is 25.9. The molecular weight excluding hydrogens is 490 g/mol. The standard InChI is InChI=1S/C27H26ClN7O2/c1-16(27-31-14-18(15-32-27)17-6-9-37-10-7-17)33-23-12-25(36)35(2)24-4-3-19(11-20(23)24)34-22-5-8-30-26(28)21(22)13-29/h3-5,8,11-12,14-17,33H,6-7,9-10H2,1-2H3,(H,30,34). The Hall–Kier alpha value is -4.00. The lowest BCUT2D eigenvalue weighted by Gasteiger charge is -2.22. The first kappa shape index (κ1) is 24.7. The lowest BCUT2D eigenvalue weighted by molar-refractivity contribution is 0.0852. The van der Waals surface area contributed by atoms with Crippen LogP contribution in [0, 0.1) is 11.3 Å². The number of nitrogens with zero attached hydrogens (tertiary/aromatic N) is 5. The van der Waals surface area contributed by atoms with Crippen molar-refractivity contribution < 1.29 is 4.74 Å². The first-order valence-corrected chi connectivity index (χ1v) is 12.4. The normalized spacial score (nSPS) is 14.8. The topological polar surface area (TPSA) is 118 Å². The number of anilines is 3. The van der Waals surface area contributed by atoms with Crippen molar-refractivity contribution >= 4 is 39.6 Å². The number of pyridine rings is 2. The summed E-state index contributed by atoms with van der Waals surface area (Å²) >= 11 is 6.08. The monoisotopic (exact) mass is 515 g/mol. The number of aromatic nitrogens is 4. The van der Waals surface area contributed by atoms with Gasteiger partial charge in [0.1, 0.15) is 22.6 Å². The molecule has 4 heterocycles. The second-order valence-electron chi connectivity index (χ2n) is 9.08. The van der Waals surface area contributed by atoms with E-state index in [4.69, 9.17) is 16.3 Å². The largest absolute Gasteiger partial charge is 0.381 e. The van der Waals surface area contributed by atoms with Crippen LogP contribution in [0.4, 0.5) is 17.1 Å². The van der Waals surface area contributed by atoms with Crippen molar-refractivity contribution in [2.75, 3.05) is 23.8 Å². The summed E-state index contributed by atoms with van der Waals surface area (Å²) in [6, 6.07) is 10.8. The Labute approximate surface area is 219 Å². The predicted molar refractivity (Wildman–Crippen MR) is 143 cm³/mol. The molecule has 1 fully saturated rings. The molecule has 10 heteroatoms. The van der Waals surface area contributed by atoms with Gasteiger partial charge in [-0.1, -0.05) is 11.6 Å². The molecule has 5 rings (SSSR count). The SMILES string of the molecule is CC(Nc1cc(=O)n(C)c2ccc(Nc3ccnc(Cl)c3C#N)cc12)c1ncc(C2CCOCC2)cn1. The van der Waals surface area contributed by atoms with Crippen LogP contribution < -0.4 is 16.2 Å². The van der Waals surface area contributed by atoms with E-state index in [0.29, 0.717) is 23.1 Å². The molecule has 2 N–H and O–H groups in total. The Morgan fingerprint density at radius 3 is 2.62 bits per heavy atom. The second-order valence-corrected chi connectivity index (χ2v) is 9.43. The van der Waals surface area contributed by atoms with Crippen LogP contribution in [0.1, 0.15) is 48.7 Å². The average molecular weight is 516 g/mol. The zero-order valence-corrected chi connectivity index (χ0v) is 21.3. The number of aryl methyl sites for hydroxylation is 1. The van der Waals surface area contributed by atoms with Crippen molar-refractivity contribution in [2.24, 2.45) is 7.05 Å². The first-order valence-electron chi connectivity index (χ1n) is 12.1. The third-order valence-electron chi connectivity index (χ3n) is 6.69. The van der Waals surface area contributed by atoms with Crippen LogP contribution in [0.3, 0.4) is 0 Å². The van der Waals surface area contributed by atoms with Gasteiger partial charge < -0.3 is 19.9 Å². The summed E-state index contributed by atoms with van der Waals surface area (Å²) < 4.78 is 7.05. The third kappa shape index (κ3) is 5.12. The highest BCUT2D eigenvalue weighted by Gasteiger charge is 2.18. The van der Waals surface area contributed by atoms with Crippen LogP contribution in [0.5, 0.6) is 0 Å². The van der Waals surface area contributed by atoms with E-state index in [0.717, 1.165) is 48.2 Å². The predicted octanol–water partition coefficient (Wildman–Crippen LogP) is 5.06. The zero-order valence-electron chi connectivity index (χ0n) is 20.5. The maximum atomic E-state index is 12.7. The van der Waals surface area contributed by atoms with E-state index >= 15 is 0 Å². The van der Waals surface area contributed by atoms with E-state index in [1.165, 1.54) is 6.20 Å². The van der Waals surface area contributed by atoms with Gasteiger partial charge in [0.15, 0.2) is 0 Å². The summed E-state index contributed by atoms with van der Waals surface area (Å²) in [7, 11) is 1.74. The minimum atomic E-state index is -0.236. The van der Waals surface area contributed by atoms with Gasteiger partial charge in [-0.15, -0.1) is 0 Å². The summed E-state index contributed by atoms with van der Waals surface area (Å²) in [4.78, 5) is 25.9. The van der Waals surface area contributed by atoms with Gasteiger partial charge in [0.25, 0.3) is 5.56 Å². The molecule has 9 nitrogen and oxygen atoms in total. The van der Waals surface area contributed by atoms with Crippen LogP contribution in [0.15, 0.2) is 53.7 Å². The highest BCUT2D eigenvalue weighted by molar-refractivity contribution is 6.31. The van der Waals surface area contributed by atoms with Gasteiger partial charge in [-0.2, -0.15) is 5.26 Å². The molecule has 4 aromatic rings. The Bertz CT molecular complexity index is 1540. The lowest BCUT2D eigenvalue weighted by Crippen LogP contribution is -2.19. The molecule has 0 amide bonds. The van der Waals surface area contributed by atoms with Crippen LogP contribution in [-0.2, 0) is 11.8 Å². The molecule has 0 radical (unpaired) electrons. The van der Waals surface area contributed by atoms with Crippen molar-refractivity contribution in [1.29, 1.82) is 5.26 Å². The average Bonchev–Trinajstić information content (AvgIpc) is 2.92. The van der Waals surface area contributed by atoms with E-state index < -0.39 is 0 Å². The van der Waals surface area contributed by atoms with E-state index in [-0.39, 0.29) is 22.3 Å². The molecule has 1 aliphatic rings. The van der Waals surface area contributed by atoms with Crippen molar-refractivity contribution in [3.8, 4) is 6.07 Å². The molecule has 37 heavy (non-hydrogen) atoms. The Morgan fingerprint density at radius 2 is 1.89 bits per heavy atom. The molecule has 1 aliphatic heterocycles. The summed E-state index contributed by atoms with van der Waals surface area (Å²) in [6.45, 7) is 3.50. The number of rotatable bonds is 6. The van der Waals surface area contributed by atoms with Crippen LogP contribution in [0.25, 0.3) is 10.9 Å².